The largest absolute Gasteiger partial charge is 0.273 e. The Morgan fingerprint density at radius 3 is 2.54 bits per heavy atom. The molecule has 140 valence electrons. The predicted molar refractivity (Wildman–Crippen MR) is 102 cm³/mol. The zero-order chi connectivity index (χ0) is 19.3. The van der Waals surface area contributed by atoms with Gasteiger partial charge < -0.3 is 0 Å². The van der Waals surface area contributed by atoms with E-state index in [1.54, 1.807) is 24.3 Å². The summed E-state index contributed by atoms with van der Waals surface area (Å²) in [5.41, 5.74) is 8.25. The molecule has 0 saturated heterocycles. The zero-order valence-corrected chi connectivity index (χ0v) is 16.4. The first-order valence-corrected chi connectivity index (χ1v) is 9.04. The second-order valence-electron chi connectivity index (χ2n) is 6.71. The number of hydrazine groups is 1. The SMILES string of the molecule is Cc1nn(CC(C)C)c(C)c1CCC(=O)NNC(=O)c1ccccc1Cl. The van der Waals surface area contributed by atoms with E-state index >= 15 is 0 Å². The fourth-order valence-corrected chi connectivity index (χ4v) is 2.98. The highest BCUT2D eigenvalue weighted by Crippen LogP contribution is 2.17. The van der Waals surface area contributed by atoms with Crippen LogP contribution in [0.1, 0.15) is 47.6 Å². The van der Waals surface area contributed by atoms with Crippen molar-refractivity contribution in [2.24, 2.45) is 5.92 Å². The van der Waals surface area contributed by atoms with Crippen molar-refractivity contribution in [3.05, 3.63) is 51.8 Å². The van der Waals surface area contributed by atoms with Crippen LogP contribution < -0.4 is 10.9 Å². The lowest BCUT2D eigenvalue weighted by Crippen LogP contribution is -2.41. The van der Waals surface area contributed by atoms with Gasteiger partial charge in [0.25, 0.3) is 5.91 Å². The lowest BCUT2D eigenvalue weighted by molar-refractivity contribution is -0.121. The van der Waals surface area contributed by atoms with Gasteiger partial charge in [0.15, 0.2) is 0 Å². The molecule has 0 aliphatic carbocycles. The van der Waals surface area contributed by atoms with Gasteiger partial charge in [0.2, 0.25) is 5.91 Å². The summed E-state index contributed by atoms with van der Waals surface area (Å²) in [5, 5.41) is 4.89. The first-order valence-electron chi connectivity index (χ1n) is 8.66. The van der Waals surface area contributed by atoms with Gasteiger partial charge in [-0.05, 0) is 43.9 Å². The number of hydrogen-bond donors (Lipinski definition) is 2. The predicted octanol–water partition coefficient (Wildman–Crippen LogP) is 3.20. The molecule has 1 heterocycles. The number of carbonyl (C=O) groups is 2. The standard InChI is InChI=1S/C19H25ClN4O2/c1-12(2)11-24-14(4)15(13(3)23-24)9-10-18(25)21-22-19(26)16-7-5-6-8-17(16)20/h5-8,12H,9-11H2,1-4H3,(H,21,25)(H,22,26). The van der Waals surface area contributed by atoms with Gasteiger partial charge in [-0.2, -0.15) is 5.10 Å². The fraction of sp³-hybridized carbons (Fsp3) is 0.421. The Morgan fingerprint density at radius 2 is 1.88 bits per heavy atom. The van der Waals surface area contributed by atoms with E-state index in [4.69, 9.17) is 11.6 Å². The molecule has 1 aromatic heterocycles. The summed E-state index contributed by atoms with van der Waals surface area (Å²) in [5.74, 6) is -0.203. The Labute approximate surface area is 158 Å². The highest BCUT2D eigenvalue weighted by molar-refractivity contribution is 6.33. The van der Waals surface area contributed by atoms with E-state index in [-0.39, 0.29) is 12.3 Å². The Kier molecular flexibility index (Phi) is 6.80. The number of amides is 2. The number of rotatable bonds is 6. The van der Waals surface area contributed by atoms with E-state index < -0.39 is 5.91 Å². The van der Waals surface area contributed by atoms with E-state index in [2.05, 4.69) is 29.8 Å². The van der Waals surface area contributed by atoms with Crippen molar-refractivity contribution >= 4 is 23.4 Å². The third-order valence-electron chi connectivity index (χ3n) is 4.11. The Morgan fingerprint density at radius 1 is 1.19 bits per heavy atom. The minimum Gasteiger partial charge on any atom is -0.273 e. The number of aryl methyl sites for hydroxylation is 1. The van der Waals surface area contributed by atoms with Crippen molar-refractivity contribution in [2.75, 3.05) is 0 Å². The molecule has 6 nitrogen and oxygen atoms in total. The third-order valence-corrected chi connectivity index (χ3v) is 4.44. The molecule has 0 saturated carbocycles. The minimum absolute atomic E-state index is 0.262. The Hall–Kier alpha value is -2.34. The summed E-state index contributed by atoms with van der Waals surface area (Å²) in [7, 11) is 0. The molecule has 2 amide bonds. The highest BCUT2D eigenvalue weighted by atomic mass is 35.5. The normalized spacial score (nSPS) is 10.8. The number of halogens is 1. The molecule has 2 aromatic rings. The average Bonchev–Trinajstić information content (AvgIpc) is 2.84. The van der Waals surface area contributed by atoms with Crippen LogP contribution in [0.4, 0.5) is 0 Å². The van der Waals surface area contributed by atoms with Crippen molar-refractivity contribution in [1.82, 2.24) is 20.6 Å². The maximum absolute atomic E-state index is 12.1. The smallest absolute Gasteiger partial charge is 0.271 e. The van der Waals surface area contributed by atoms with E-state index in [0.29, 0.717) is 22.9 Å². The first-order chi connectivity index (χ1) is 12.3. The van der Waals surface area contributed by atoms with Gasteiger partial charge in [0.05, 0.1) is 16.3 Å². The van der Waals surface area contributed by atoms with Crippen molar-refractivity contribution in [2.45, 2.75) is 47.1 Å². The zero-order valence-electron chi connectivity index (χ0n) is 15.6. The molecule has 7 heteroatoms. The van der Waals surface area contributed by atoms with E-state index in [1.807, 2.05) is 18.5 Å². The summed E-state index contributed by atoms with van der Waals surface area (Å²) >= 11 is 5.97. The number of carbonyl (C=O) groups excluding carboxylic acids is 2. The second kappa shape index (κ2) is 8.85. The summed E-state index contributed by atoms with van der Waals surface area (Å²) in [4.78, 5) is 24.1. The topological polar surface area (TPSA) is 76.0 Å². The lowest BCUT2D eigenvalue weighted by Gasteiger charge is -2.09. The summed E-state index contributed by atoms with van der Waals surface area (Å²) < 4.78 is 1.99. The molecule has 0 bridgehead atoms. The van der Waals surface area contributed by atoms with E-state index in [1.165, 1.54) is 0 Å². The molecule has 2 N–H and O–H groups in total. The first kappa shape index (κ1) is 20.0. The molecule has 0 unspecified atom stereocenters. The summed E-state index contributed by atoms with van der Waals surface area (Å²) in [6.07, 6.45) is 0.835. The van der Waals surface area contributed by atoms with Crippen LogP contribution in [0.2, 0.25) is 5.02 Å². The van der Waals surface area contributed by atoms with Crippen LogP contribution >= 0.6 is 11.6 Å². The van der Waals surface area contributed by atoms with Crippen molar-refractivity contribution in [1.29, 1.82) is 0 Å². The average molecular weight is 377 g/mol. The second-order valence-corrected chi connectivity index (χ2v) is 7.11. The number of benzene rings is 1. The van der Waals surface area contributed by atoms with Gasteiger partial charge in [0, 0.05) is 18.7 Å². The molecule has 1 aromatic carbocycles. The van der Waals surface area contributed by atoms with Crippen LogP contribution in [0.5, 0.6) is 0 Å². The fourth-order valence-electron chi connectivity index (χ4n) is 2.76. The van der Waals surface area contributed by atoms with Crippen LogP contribution in [0.3, 0.4) is 0 Å². The molecule has 2 rings (SSSR count). The molecule has 0 atom stereocenters. The quantitative estimate of drug-likeness (QED) is 0.760. The maximum atomic E-state index is 12.1. The monoisotopic (exact) mass is 376 g/mol. The number of nitrogens with zero attached hydrogens (tertiary/aromatic N) is 2. The van der Waals surface area contributed by atoms with Crippen molar-refractivity contribution in [3.63, 3.8) is 0 Å². The molecular formula is C19H25ClN4O2. The molecule has 0 aliphatic rings. The van der Waals surface area contributed by atoms with Gasteiger partial charge in [0.1, 0.15) is 0 Å². The van der Waals surface area contributed by atoms with Gasteiger partial charge in [-0.1, -0.05) is 37.6 Å². The van der Waals surface area contributed by atoms with E-state index in [9.17, 15) is 9.59 Å². The van der Waals surface area contributed by atoms with E-state index in [0.717, 1.165) is 23.5 Å². The molecular weight excluding hydrogens is 352 g/mol. The Balaban J connectivity index is 1.88. The van der Waals surface area contributed by atoms with Crippen molar-refractivity contribution < 1.29 is 9.59 Å². The molecule has 26 heavy (non-hydrogen) atoms. The van der Waals surface area contributed by atoms with Crippen molar-refractivity contribution in [3.8, 4) is 0 Å². The van der Waals surface area contributed by atoms with Crippen LogP contribution in [0.15, 0.2) is 24.3 Å². The Bertz CT molecular complexity index is 799. The van der Waals surface area contributed by atoms with Gasteiger partial charge in [-0.15, -0.1) is 0 Å². The number of aromatic nitrogens is 2. The third kappa shape index (κ3) is 5.08. The molecule has 0 fully saturated rings. The minimum atomic E-state index is -0.443. The van der Waals surface area contributed by atoms with Crippen LogP contribution in [0, 0.1) is 19.8 Å². The summed E-state index contributed by atoms with van der Waals surface area (Å²) in [6, 6.07) is 6.67. The molecule has 0 aliphatic heterocycles. The summed E-state index contributed by atoms with van der Waals surface area (Å²) in [6.45, 7) is 9.12. The number of nitrogens with one attached hydrogen (secondary N) is 2. The maximum Gasteiger partial charge on any atom is 0.271 e. The van der Waals surface area contributed by atoms with Gasteiger partial charge in [-0.25, -0.2) is 0 Å². The highest BCUT2D eigenvalue weighted by Gasteiger charge is 2.15. The number of hydrogen-bond acceptors (Lipinski definition) is 3. The van der Waals surface area contributed by atoms with Crippen LogP contribution in [0.25, 0.3) is 0 Å². The lowest BCUT2D eigenvalue weighted by atomic mass is 10.1. The van der Waals surface area contributed by atoms with Gasteiger partial charge >= 0.3 is 0 Å². The van der Waals surface area contributed by atoms with Gasteiger partial charge in [-0.3, -0.25) is 25.1 Å². The van der Waals surface area contributed by atoms with Crippen LogP contribution in [-0.4, -0.2) is 21.6 Å². The van der Waals surface area contributed by atoms with Crippen LogP contribution in [-0.2, 0) is 17.8 Å². The molecule has 0 spiro atoms. The molecule has 0 radical (unpaired) electrons.